The molecule has 0 saturated carbocycles. The van der Waals surface area contributed by atoms with Crippen molar-refractivity contribution in [1.82, 2.24) is 15.3 Å². The van der Waals surface area contributed by atoms with Gasteiger partial charge in [-0.2, -0.15) is 0 Å². The molecule has 0 saturated heterocycles. The highest BCUT2D eigenvalue weighted by Gasteiger charge is 2.08. The van der Waals surface area contributed by atoms with Gasteiger partial charge in [-0.15, -0.1) is 11.3 Å². The van der Waals surface area contributed by atoms with Crippen molar-refractivity contribution in [2.24, 2.45) is 0 Å². The summed E-state index contributed by atoms with van der Waals surface area (Å²) in [6.45, 7) is 0.231. The molecule has 0 spiro atoms. The van der Waals surface area contributed by atoms with Crippen molar-refractivity contribution in [3.05, 3.63) is 56.9 Å². The minimum absolute atomic E-state index is 0.0919. The van der Waals surface area contributed by atoms with Crippen molar-refractivity contribution in [1.29, 1.82) is 0 Å². The van der Waals surface area contributed by atoms with Gasteiger partial charge < -0.3 is 15.0 Å². The molecule has 1 amide bonds. The number of H-pyrrole nitrogens is 1. The van der Waals surface area contributed by atoms with Crippen molar-refractivity contribution in [2.45, 2.75) is 6.54 Å². The van der Waals surface area contributed by atoms with Crippen molar-refractivity contribution >= 4 is 39.1 Å². The number of ether oxygens (including phenoxy) is 1. The zero-order valence-corrected chi connectivity index (χ0v) is 13.4. The van der Waals surface area contributed by atoms with Gasteiger partial charge in [0, 0.05) is 9.90 Å². The standard InChI is InChI=1S/C15H12ClN3O3S/c16-9-1-3-10(4-2-9)22-7-13(20)17-6-11-5-12-14(21)18-8-19-15(12)23-11/h1-5,8H,6-7H2,(H,17,20)(H,18,19,21). The molecule has 0 unspecified atom stereocenters. The maximum atomic E-state index is 11.8. The summed E-state index contributed by atoms with van der Waals surface area (Å²) in [4.78, 5) is 31.5. The van der Waals surface area contributed by atoms with Gasteiger partial charge in [0.2, 0.25) is 0 Å². The first-order valence-electron chi connectivity index (χ1n) is 6.73. The number of thiophene rings is 1. The first kappa shape index (κ1) is 15.5. The molecule has 0 fully saturated rings. The van der Waals surface area contributed by atoms with Crippen LogP contribution >= 0.6 is 22.9 Å². The molecule has 6 nitrogen and oxygen atoms in total. The van der Waals surface area contributed by atoms with E-state index in [2.05, 4.69) is 15.3 Å². The minimum atomic E-state index is -0.251. The second-order valence-electron chi connectivity index (χ2n) is 4.68. The number of benzene rings is 1. The van der Waals surface area contributed by atoms with Crippen LogP contribution in [0.1, 0.15) is 4.88 Å². The van der Waals surface area contributed by atoms with E-state index in [9.17, 15) is 9.59 Å². The molecule has 0 bridgehead atoms. The smallest absolute Gasteiger partial charge is 0.259 e. The van der Waals surface area contributed by atoms with Gasteiger partial charge in [0.1, 0.15) is 10.6 Å². The van der Waals surface area contributed by atoms with Crippen LogP contribution in [0.25, 0.3) is 10.2 Å². The molecular formula is C15H12ClN3O3S. The lowest BCUT2D eigenvalue weighted by Crippen LogP contribution is -2.28. The molecule has 2 aromatic heterocycles. The number of nitrogens with zero attached hydrogens (tertiary/aromatic N) is 1. The topological polar surface area (TPSA) is 84.1 Å². The van der Waals surface area contributed by atoms with E-state index in [1.54, 1.807) is 30.3 Å². The molecule has 0 aliphatic carbocycles. The number of carbonyl (C=O) groups is 1. The number of aromatic nitrogens is 2. The number of nitrogens with one attached hydrogen (secondary N) is 2. The summed E-state index contributed by atoms with van der Waals surface area (Å²) in [5, 5.41) is 3.88. The molecule has 2 heterocycles. The van der Waals surface area contributed by atoms with E-state index in [0.717, 1.165) is 4.88 Å². The van der Waals surface area contributed by atoms with E-state index in [-0.39, 0.29) is 18.1 Å². The zero-order chi connectivity index (χ0) is 16.2. The normalized spacial score (nSPS) is 10.7. The van der Waals surface area contributed by atoms with Crippen molar-refractivity contribution in [3.63, 3.8) is 0 Å². The van der Waals surface area contributed by atoms with Crippen molar-refractivity contribution < 1.29 is 9.53 Å². The number of hydrogen-bond donors (Lipinski definition) is 2. The number of aromatic amines is 1. The van der Waals surface area contributed by atoms with E-state index < -0.39 is 0 Å². The SMILES string of the molecule is O=C(COc1ccc(Cl)cc1)NCc1cc2c(=O)[nH]cnc2s1. The summed E-state index contributed by atoms with van der Waals surface area (Å²) in [5.74, 6) is 0.321. The van der Waals surface area contributed by atoms with Crippen LogP contribution in [-0.2, 0) is 11.3 Å². The zero-order valence-electron chi connectivity index (χ0n) is 11.8. The molecular weight excluding hydrogens is 338 g/mol. The van der Waals surface area contributed by atoms with Crippen molar-refractivity contribution in [3.8, 4) is 5.75 Å². The van der Waals surface area contributed by atoms with Gasteiger partial charge in [0.15, 0.2) is 6.61 Å². The average molecular weight is 350 g/mol. The highest BCUT2D eigenvalue weighted by atomic mass is 35.5. The fraction of sp³-hybridized carbons (Fsp3) is 0.133. The summed E-state index contributed by atoms with van der Waals surface area (Å²) in [7, 11) is 0. The van der Waals surface area contributed by atoms with Gasteiger partial charge in [-0.3, -0.25) is 9.59 Å². The van der Waals surface area contributed by atoms with Gasteiger partial charge in [-0.1, -0.05) is 11.6 Å². The monoisotopic (exact) mass is 349 g/mol. The summed E-state index contributed by atoms with van der Waals surface area (Å²) in [5.41, 5.74) is -0.185. The third-order valence-corrected chi connectivity index (χ3v) is 4.32. The van der Waals surface area contributed by atoms with Crippen LogP contribution in [0.2, 0.25) is 5.02 Å². The van der Waals surface area contributed by atoms with Gasteiger partial charge in [-0.25, -0.2) is 4.98 Å². The van der Waals surface area contributed by atoms with E-state index in [1.165, 1.54) is 17.7 Å². The summed E-state index contributed by atoms with van der Waals surface area (Å²) >= 11 is 7.14. The number of rotatable bonds is 5. The molecule has 2 N–H and O–H groups in total. The van der Waals surface area contributed by atoms with Crippen LogP contribution in [0.3, 0.4) is 0 Å². The fourth-order valence-electron chi connectivity index (χ4n) is 1.92. The third kappa shape index (κ3) is 3.88. The number of hydrogen-bond acceptors (Lipinski definition) is 5. The molecule has 23 heavy (non-hydrogen) atoms. The maximum Gasteiger partial charge on any atom is 0.259 e. The molecule has 0 aliphatic rings. The number of fused-ring (bicyclic) bond motifs is 1. The lowest BCUT2D eigenvalue weighted by molar-refractivity contribution is -0.123. The largest absolute Gasteiger partial charge is 0.484 e. The van der Waals surface area contributed by atoms with E-state index in [1.807, 2.05) is 0 Å². The molecule has 0 aliphatic heterocycles. The van der Waals surface area contributed by atoms with Crippen LogP contribution in [0.5, 0.6) is 5.75 Å². The second kappa shape index (κ2) is 6.80. The molecule has 3 rings (SSSR count). The Hall–Kier alpha value is -2.38. The summed E-state index contributed by atoms with van der Waals surface area (Å²) in [6, 6.07) is 8.50. The Bertz CT molecular complexity index is 889. The molecule has 118 valence electrons. The molecule has 1 aromatic carbocycles. The average Bonchev–Trinajstić information content (AvgIpc) is 2.97. The third-order valence-electron chi connectivity index (χ3n) is 3.03. The van der Waals surface area contributed by atoms with Crippen molar-refractivity contribution in [2.75, 3.05) is 6.61 Å². The number of halogens is 1. The Kier molecular flexibility index (Phi) is 4.59. The summed E-state index contributed by atoms with van der Waals surface area (Å²) < 4.78 is 5.35. The van der Waals surface area contributed by atoms with Crippen LogP contribution in [0, 0.1) is 0 Å². The Morgan fingerprint density at radius 1 is 1.35 bits per heavy atom. The first-order valence-corrected chi connectivity index (χ1v) is 7.92. The lowest BCUT2D eigenvalue weighted by Gasteiger charge is -2.06. The molecule has 0 atom stereocenters. The van der Waals surface area contributed by atoms with Crippen LogP contribution in [0.4, 0.5) is 0 Å². The van der Waals surface area contributed by atoms with Crippen LogP contribution in [0.15, 0.2) is 41.5 Å². The predicted molar refractivity (Wildman–Crippen MR) is 89.0 cm³/mol. The molecule has 8 heteroatoms. The van der Waals surface area contributed by atoms with Gasteiger partial charge in [-0.05, 0) is 30.3 Å². The predicted octanol–water partition coefficient (Wildman–Crippen LogP) is 2.33. The van der Waals surface area contributed by atoms with Gasteiger partial charge in [0.05, 0.1) is 18.3 Å². The Morgan fingerprint density at radius 2 is 2.13 bits per heavy atom. The Balaban J connectivity index is 1.54. The van der Waals surface area contributed by atoms with Crippen LogP contribution < -0.4 is 15.6 Å². The Labute approximate surface area is 140 Å². The first-order chi connectivity index (χ1) is 11.1. The maximum absolute atomic E-state index is 11.8. The van der Waals surface area contributed by atoms with Gasteiger partial charge >= 0.3 is 0 Å². The summed E-state index contributed by atoms with van der Waals surface area (Å²) in [6.07, 6.45) is 1.36. The van der Waals surface area contributed by atoms with Crippen LogP contribution in [-0.4, -0.2) is 22.5 Å². The van der Waals surface area contributed by atoms with E-state index in [4.69, 9.17) is 16.3 Å². The minimum Gasteiger partial charge on any atom is -0.484 e. The quantitative estimate of drug-likeness (QED) is 0.740. The molecule has 3 aromatic rings. The number of amides is 1. The molecule has 0 radical (unpaired) electrons. The van der Waals surface area contributed by atoms with E-state index in [0.29, 0.717) is 27.5 Å². The second-order valence-corrected chi connectivity index (χ2v) is 6.23. The van der Waals surface area contributed by atoms with E-state index >= 15 is 0 Å². The van der Waals surface area contributed by atoms with Gasteiger partial charge in [0.25, 0.3) is 11.5 Å². The highest BCUT2D eigenvalue weighted by Crippen LogP contribution is 2.20. The fourth-order valence-corrected chi connectivity index (χ4v) is 2.98. The lowest BCUT2D eigenvalue weighted by atomic mass is 10.3. The Morgan fingerprint density at radius 3 is 2.87 bits per heavy atom. The highest BCUT2D eigenvalue weighted by molar-refractivity contribution is 7.18. The number of carbonyl (C=O) groups excluding carboxylic acids is 1.